The number of aryl methyl sites for hydroxylation is 2. The minimum absolute atomic E-state index is 0.0923. The maximum atomic E-state index is 11.6. The van der Waals surface area contributed by atoms with E-state index in [0.717, 1.165) is 28.8 Å². The lowest BCUT2D eigenvalue weighted by molar-refractivity contribution is -0.384. The molecule has 1 aliphatic carbocycles. The molecule has 0 fully saturated rings. The van der Waals surface area contributed by atoms with E-state index in [1.54, 1.807) is 29.5 Å². The largest absolute Gasteiger partial charge is 0.278 e. The summed E-state index contributed by atoms with van der Waals surface area (Å²) in [5.41, 5.74) is 5.00. The highest BCUT2D eigenvalue weighted by Gasteiger charge is 2.23. The van der Waals surface area contributed by atoms with Crippen molar-refractivity contribution in [2.45, 2.75) is 25.7 Å². The van der Waals surface area contributed by atoms with Gasteiger partial charge in [-0.1, -0.05) is 42.5 Å². The summed E-state index contributed by atoms with van der Waals surface area (Å²) < 4.78 is 0. The molecule has 0 unspecified atom stereocenters. The van der Waals surface area contributed by atoms with E-state index in [1.807, 2.05) is 30.3 Å². The van der Waals surface area contributed by atoms with E-state index >= 15 is 0 Å². The highest BCUT2D eigenvalue weighted by atomic mass is 32.1. The molecule has 0 aliphatic heterocycles. The molecule has 0 atom stereocenters. The Morgan fingerprint density at radius 1 is 0.929 bits per heavy atom. The number of fused-ring (bicyclic) bond motifs is 3. The van der Waals surface area contributed by atoms with Crippen molar-refractivity contribution in [3.8, 4) is 22.4 Å². The van der Waals surface area contributed by atoms with Gasteiger partial charge in [-0.15, -0.1) is 11.3 Å². The van der Waals surface area contributed by atoms with Crippen LogP contribution in [-0.2, 0) is 12.8 Å². The SMILES string of the molecule is O=[N+]([O-])c1ccccc1-c1cc(-c2ccccc2)c2c3c(sc2n1)CCCC3. The molecule has 0 saturated heterocycles. The molecule has 0 amide bonds. The number of nitro groups is 1. The predicted octanol–water partition coefficient (Wildman–Crippen LogP) is 6.42. The molecule has 0 bridgehead atoms. The van der Waals surface area contributed by atoms with Gasteiger partial charge in [-0.3, -0.25) is 10.1 Å². The molecule has 4 nitrogen and oxygen atoms in total. The van der Waals surface area contributed by atoms with Crippen LogP contribution in [0.25, 0.3) is 32.6 Å². The van der Waals surface area contributed by atoms with E-state index in [2.05, 4.69) is 12.1 Å². The number of nitro benzene ring substituents is 1. The molecule has 28 heavy (non-hydrogen) atoms. The van der Waals surface area contributed by atoms with Gasteiger partial charge in [0.05, 0.1) is 16.2 Å². The van der Waals surface area contributed by atoms with Crippen LogP contribution in [0.4, 0.5) is 5.69 Å². The second kappa shape index (κ2) is 6.84. The van der Waals surface area contributed by atoms with Gasteiger partial charge in [0.1, 0.15) is 4.83 Å². The van der Waals surface area contributed by atoms with E-state index < -0.39 is 0 Å². The number of para-hydroxylation sites is 1. The highest BCUT2D eigenvalue weighted by molar-refractivity contribution is 7.19. The van der Waals surface area contributed by atoms with Crippen molar-refractivity contribution in [3.63, 3.8) is 0 Å². The first-order chi connectivity index (χ1) is 13.7. The molecule has 138 valence electrons. The molecular formula is C23H18N2O2S. The Balaban J connectivity index is 1.83. The molecule has 2 heterocycles. The van der Waals surface area contributed by atoms with Crippen molar-refractivity contribution >= 4 is 27.2 Å². The zero-order valence-corrected chi connectivity index (χ0v) is 16.0. The quantitative estimate of drug-likeness (QED) is 0.302. The maximum Gasteiger partial charge on any atom is 0.278 e. The summed E-state index contributed by atoms with van der Waals surface area (Å²) in [6, 6.07) is 19.2. The minimum Gasteiger partial charge on any atom is -0.258 e. The van der Waals surface area contributed by atoms with Gasteiger partial charge in [0.25, 0.3) is 5.69 Å². The fourth-order valence-electron chi connectivity index (χ4n) is 4.09. The Labute approximate surface area is 166 Å². The van der Waals surface area contributed by atoms with E-state index in [1.165, 1.54) is 28.7 Å². The van der Waals surface area contributed by atoms with Gasteiger partial charge in [-0.25, -0.2) is 4.98 Å². The Hall–Kier alpha value is -3.05. The fourth-order valence-corrected chi connectivity index (χ4v) is 5.38. The molecule has 0 saturated carbocycles. The summed E-state index contributed by atoms with van der Waals surface area (Å²) in [5, 5.41) is 12.8. The Morgan fingerprint density at radius 2 is 1.68 bits per heavy atom. The average Bonchev–Trinajstić information content (AvgIpc) is 3.12. The van der Waals surface area contributed by atoms with Crippen LogP contribution in [0.1, 0.15) is 23.3 Å². The fraction of sp³-hybridized carbons (Fsp3) is 0.174. The average molecular weight is 386 g/mol. The minimum atomic E-state index is -0.331. The van der Waals surface area contributed by atoms with Gasteiger partial charge >= 0.3 is 0 Å². The number of hydrogen-bond donors (Lipinski definition) is 0. The number of benzene rings is 2. The third-order valence-electron chi connectivity index (χ3n) is 5.39. The van der Waals surface area contributed by atoms with Crippen LogP contribution in [0, 0.1) is 10.1 Å². The summed E-state index contributed by atoms with van der Waals surface area (Å²) in [6.45, 7) is 0. The van der Waals surface area contributed by atoms with Gasteiger partial charge in [0, 0.05) is 16.3 Å². The molecule has 0 N–H and O–H groups in total. The summed E-state index contributed by atoms with van der Waals surface area (Å²) in [4.78, 5) is 18.5. The first-order valence-corrected chi connectivity index (χ1v) is 10.3. The normalized spacial score (nSPS) is 13.4. The Morgan fingerprint density at radius 3 is 2.50 bits per heavy atom. The van der Waals surface area contributed by atoms with Gasteiger partial charge in [0.2, 0.25) is 0 Å². The summed E-state index contributed by atoms with van der Waals surface area (Å²) in [6.07, 6.45) is 4.61. The van der Waals surface area contributed by atoms with Crippen LogP contribution >= 0.6 is 11.3 Å². The molecule has 1 aliphatic rings. The Kier molecular flexibility index (Phi) is 4.17. The molecule has 2 aromatic heterocycles. The van der Waals surface area contributed by atoms with Crippen LogP contribution in [0.2, 0.25) is 0 Å². The molecular weight excluding hydrogens is 368 g/mol. The van der Waals surface area contributed by atoms with Crippen LogP contribution < -0.4 is 0 Å². The third kappa shape index (κ3) is 2.79. The van der Waals surface area contributed by atoms with Crippen molar-refractivity contribution in [1.29, 1.82) is 0 Å². The lowest BCUT2D eigenvalue weighted by Crippen LogP contribution is -1.99. The van der Waals surface area contributed by atoms with Crippen molar-refractivity contribution in [3.05, 3.63) is 81.2 Å². The van der Waals surface area contributed by atoms with Crippen LogP contribution in [-0.4, -0.2) is 9.91 Å². The number of thiophene rings is 1. The molecule has 4 aromatic rings. The van der Waals surface area contributed by atoms with Gasteiger partial charge in [-0.2, -0.15) is 0 Å². The second-order valence-electron chi connectivity index (χ2n) is 7.09. The summed E-state index contributed by atoms with van der Waals surface area (Å²) in [5.74, 6) is 0. The molecule has 2 aromatic carbocycles. The first-order valence-electron chi connectivity index (χ1n) is 9.47. The van der Waals surface area contributed by atoms with Gasteiger partial charge in [-0.05, 0) is 54.5 Å². The van der Waals surface area contributed by atoms with Crippen molar-refractivity contribution in [2.75, 3.05) is 0 Å². The lowest BCUT2D eigenvalue weighted by Gasteiger charge is -2.13. The van der Waals surface area contributed by atoms with E-state index in [4.69, 9.17) is 4.98 Å². The van der Waals surface area contributed by atoms with E-state index in [0.29, 0.717) is 11.3 Å². The van der Waals surface area contributed by atoms with Crippen LogP contribution in [0.3, 0.4) is 0 Å². The predicted molar refractivity (Wildman–Crippen MR) is 114 cm³/mol. The zero-order valence-electron chi connectivity index (χ0n) is 15.2. The van der Waals surface area contributed by atoms with Crippen molar-refractivity contribution < 1.29 is 4.92 Å². The first kappa shape index (κ1) is 17.1. The monoisotopic (exact) mass is 386 g/mol. The smallest absolute Gasteiger partial charge is 0.258 e. The number of aromatic nitrogens is 1. The highest BCUT2D eigenvalue weighted by Crippen LogP contribution is 2.43. The third-order valence-corrected chi connectivity index (χ3v) is 6.57. The summed E-state index contributed by atoms with van der Waals surface area (Å²) >= 11 is 1.75. The van der Waals surface area contributed by atoms with Crippen LogP contribution in [0.15, 0.2) is 60.7 Å². The lowest BCUT2D eigenvalue weighted by atomic mass is 9.92. The number of pyridine rings is 1. The van der Waals surface area contributed by atoms with Gasteiger partial charge in [0.15, 0.2) is 0 Å². The molecule has 5 rings (SSSR count). The summed E-state index contributed by atoms with van der Waals surface area (Å²) in [7, 11) is 0. The molecule has 0 spiro atoms. The maximum absolute atomic E-state index is 11.6. The molecule has 0 radical (unpaired) electrons. The van der Waals surface area contributed by atoms with Crippen molar-refractivity contribution in [1.82, 2.24) is 4.98 Å². The topological polar surface area (TPSA) is 56.0 Å². The van der Waals surface area contributed by atoms with Crippen LogP contribution in [0.5, 0.6) is 0 Å². The molecule has 5 heteroatoms. The number of nitrogens with zero attached hydrogens (tertiary/aromatic N) is 2. The zero-order chi connectivity index (χ0) is 19.1. The second-order valence-corrected chi connectivity index (χ2v) is 8.17. The number of hydrogen-bond acceptors (Lipinski definition) is 4. The van der Waals surface area contributed by atoms with E-state index in [-0.39, 0.29) is 10.6 Å². The Bertz CT molecular complexity index is 1200. The number of rotatable bonds is 3. The van der Waals surface area contributed by atoms with Crippen molar-refractivity contribution in [2.24, 2.45) is 0 Å². The standard InChI is InChI=1S/C23H18N2O2S/c26-25(27)20-12-6-4-10-16(20)19-14-18(15-8-2-1-3-9-15)22-17-11-5-7-13-21(17)28-23(22)24-19/h1-4,6,8-10,12,14H,5,7,11,13H2. The van der Waals surface area contributed by atoms with E-state index in [9.17, 15) is 10.1 Å². The van der Waals surface area contributed by atoms with Gasteiger partial charge < -0.3 is 0 Å².